The monoisotopic (exact) mass is 298 g/mol. The van der Waals surface area contributed by atoms with E-state index in [1.165, 1.54) is 0 Å². The van der Waals surface area contributed by atoms with Crippen LogP contribution in [0.5, 0.6) is 0 Å². The predicted octanol–water partition coefficient (Wildman–Crippen LogP) is 3.66. The topological polar surface area (TPSA) is 29.6 Å². The van der Waals surface area contributed by atoms with Crippen LogP contribution in [0.2, 0.25) is 5.02 Å². The molecule has 86 valence electrons. The maximum Gasteiger partial charge on any atom is 0.219 e. The van der Waals surface area contributed by atoms with Crippen LogP contribution in [0.4, 0.5) is 0 Å². The van der Waals surface area contributed by atoms with E-state index in [1.807, 2.05) is 0 Å². The molecule has 1 heterocycles. The van der Waals surface area contributed by atoms with Crippen LogP contribution in [0.25, 0.3) is 0 Å². The lowest BCUT2D eigenvalue weighted by atomic mass is 10.1. The smallest absolute Gasteiger partial charge is 0.219 e. The molecule has 0 bridgehead atoms. The normalized spacial score (nSPS) is 24.2. The van der Waals surface area contributed by atoms with E-state index in [2.05, 4.69) is 0 Å². The van der Waals surface area contributed by atoms with Gasteiger partial charge in [-0.15, -0.1) is 0 Å². The lowest BCUT2D eigenvalue weighted by Gasteiger charge is -2.05. The molecule has 16 heavy (non-hydrogen) atoms. The Kier molecular flexibility index (Phi) is 3.39. The largest absolute Gasteiger partial charge is 0.356 e. The molecular weight excluding hydrogens is 294 g/mol. The molecule has 0 aromatic heterocycles. The van der Waals surface area contributed by atoms with Crippen molar-refractivity contribution in [3.05, 3.63) is 34.9 Å². The van der Waals surface area contributed by atoms with Crippen molar-refractivity contribution in [3.8, 4) is 0 Å². The van der Waals surface area contributed by atoms with E-state index < -0.39 is 16.0 Å². The third kappa shape index (κ3) is 2.63. The van der Waals surface area contributed by atoms with E-state index in [0.717, 1.165) is 0 Å². The van der Waals surface area contributed by atoms with Crippen molar-refractivity contribution in [3.63, 3.8) is 0 Å². The van der Waals surface area contributed by atoms with Crippen LogP contribution in [0.1, 0.15) is 10.4 Å². The first-order valence-electron chi connectivity index (χ1n) is 4.41. The predicted molar refractivity (Wildman–Crippen MR) is 64.7 cm³/mol. The van der Waals surface area contributed by atoms with E-state index in [0.29, 0.717) is 10.6 Å². The van der Waals surface area contributed by atoms with Gasteiger partial charge in [0.1, 0.15) is 6.10 Å². The minimum absolute atomic E-state index is 0.201. The fourth-order valence-corrected chi connectivity index (χ4v) is 1.96. The molecule has 0 N–H and O–H groups in total. The van der Waals surface area contributed by atoms with Gasteiger partial charge in [-0.2, -0.15) is 0 Å². The average molecular weight is 300 g/mol. The molecule has 1 fully saturated rings. The number of epoxide rings is 1. The molecule has 1 aliphatic rings. The average Bonchev–Trinajstić information content (AvgIpc) is 2.96. The van der Waals surface area contributed by atoms with Crippen LogP contribution in [0.3, 0.4) is 0 Å². The van der Waals surface area contributed by atoms with Crippen LogP contribution < -0.4 is 0 Å². The number of ether oxygens (including phenoxy) is 1. The highest BCUT2D eigenvalue weighted by Crippen LogP contribution is 2.44. The lowest BCUT2D eigenvalue weighted by molar-refractivity contribution is 0.0953. The highest BCUT2D eigenvalue weighted by Gasteiger charge is 2.56. The molecule has 1 aromatic carbocycles. The number of ketones is 1. The Bertz CT molecular complexity index is 410. The first-order chi connectivity index (χ1) is 7.39. The zero-order chi connectivity index (χ0) is 11.9. The summed E-state index contributed by atoms with van der Waals surface area (Å²) in [5.74, 6) is -0.201. The van der Waals surface area contributed by atoms with Crippen molar-refractivity contribution in [2.75, 3.05) is 0 Å². The Balaban J connectivity index is 2.08. The van der Waals surface area contributed by atoms with Crippen molar-refractivity contribution >= 4 is 52.2 Å². The molecule has 0 spiro atoms. The molecule has 1 aromatic rings. The second kappa shape index (κ2) is 4.35. The molecule has 2 rings (SSSR count). The number of halogens is 4. The fraction of sp³-hybridized carbons (Fsp3) is 0.300. The summed E-state index contributed by atoms with van der Waals surface area (Å²) in [5, 5.41) is 0.561. The van der Waals surface area contributed by atoms with E-state index in [-0.39, 0.29) is 5.78 Å². The fourth-order valence-electron chi connectivity index (χ4n) is 1.34. The summed E-state index contributed by atoms with van der Waals surface area (Å²) in [6.07, 6.45) is -1.34. The maximum atomic E-state index is 11.8. The highest BCUT2D eigenvalue weighted by molar-refractivity contribution is 6.68. The molecule has 1 aliphatic heterocycles. The number of rotatable bonds is 2. The molecule has 0 saturated carbocycles. The van der Waals surface area contributed by atoms with Crippen LogP contribution >= 0.6 is 46.4 Å². The van der Waals surface area contributed by atoms with Crippen LogP contribution in [0.15, 0.2) is 24.3 Å². The van der Waals surface area contributed by atoms with Crippen molar-refractivity contribution in [2.24, 2.45) is 0 Å². The second-order valence-corrected chi connectivity index (χ2v) is 6.20. The van der Waals surface area contributed by atoms with Crippen molar-refractivity contribution in [1.82, 2.24) is 0 Å². The Morgan fingerprint density at radius 1 is 1.19 bits per heavy atom. The quantitative estimate of drug-likeness (QED) is 0.474. The number of Topliss-reactive ketones (excluding diaryl/α,β-unsaturated/α-hetero) is 1. The van der Waals surface area contributed by atoms with Gasteiger partial charge in [-0.3, -0.25) is 4.79 Å². The van der Waals surface area contributed by atoms with Gasteiger partial charge in [0.2, 0.25) is 3.79 Å². The number of carbonyl (C=O) groups excluding carboxylic acids is 1. The zero-order valence-electron chi connectivity index (χ0n) is 7.79. The molecule has 2 nitrogen and oxygen atoms in total. The van der Waals surface area contributed by atoms with E-state index in [9.17, 15) is 4.79 Å². The Morgan fingerprint density at radius 2 is 1.75 bits per heavy atom. The summed E-state index contributed by atoms with van der Waals surface area (Å²) in [4.78, 5) is 11.8. The van der Waals surface area contributed by atoms with Gasteiger partial charge in [0.05, 0.1) is 0 Å². The minimum atomic E-state index is -1.56. The second-order valence-electron chi connectivity index (χ2n) is 3.39. The Labute approximate surface area is 112 Å². The van der Waals surface area contributed by atoms with Crippen LogP contribution in [0, 0.1) is 0 Å². The number of hydrogen-bond acceptors (Lipinski definition) is 2. The molecular formula is C10H6Cl4O2. The molecule has 0 radical (unpaired) electrons. The van der Waals surface area contributed by atoms with Gasteiger partial charge in [0.15, 0.2) is 11.9 Å². The van der Waals surface area contributed by atoms with E-state index in [1.54, 1.807) is 24.3 Å². The number of benzene rings is 1. The zero-order valence-corrected chi connectivity index (χ0v) is 10.8. The van der Waals surface area contributed by atoms with E-state index >= 15 is 0 Å². The van der Waals surface area contributed by atoms with Gasteiger partial charge in [-0.1, -0.05) is 46.4 Å². The van der Waals surface area contributed by atoms with Crippen molar-refractivity contribution in [1.29, 1.82) is 0 Å². The number of hydrogen-bond donors (Lipinski definition) is 0. The van der Waals surface area contributed by atoms with Crippen LogP contribution in [-0.2, 0) is 4.74 Å². The summed E-state index contributed by atoms with van der Waals surface area (Å²) in [6, 6.07) is 6.48. The minimum Gasteiger partial charge on any atom is -0.356 e. The molecule has 0 amide bonds. The summed E-state index contributed by atoms with van der Waals surface area (Å²) >= 11 is 22.6. The van der Waals surface area contributed by atoms with Gasteiger partial charge < -0.3 is 4.74 Å². The summed E-state index contributed by atoms with van der Waals surface area (Å²) in [6.45, 7) is 0. The van der Waals surface area contributed by atoms with Crippen LogP contribution in [-0.4, -0.2) is 21.8 Å². The third-order valence-electron chi connectivity index (χ3n) is 2.20. The lowest BCUT2D eigenvalue weighted by Crippen LogP contribution is -2.19. The Hall–Kier alpha value is 0.01000. The molecule has 0 aliphatic carbocycles. The molecule has 0 unspecified atom stereocenters. The SMILES string of the molecule is O=C(c1ccc(Cl)cc1)[C@H]1O[C@H]1C(Cl)(Cl)Cl. The number of alkyl halides is 3. The third-order valence-corrected chi connectivity index (χ3v) is 3.10. The molecule has 6 heteroatoms. The van der Waals surface area contributed by atoms with Gasteiger partial charge in [-0.05, 0) is 24.3 Å². The standard InChI is InChI=1S/C10H6Cl4O2/c11-6-3-1-5(2-4-6)7(15)8-9(16-8)10(12,13)14/h1-4,8-9H/t8-,9-/m1/s1. The maximum absolute atomic E-state index is 11.8. The molecule has 2 atom stereocenters. The van der Waals surface area contributed by atoms with Crippen molar-refractivity contribution in [2.45, 2.75) is 16.0 Å². The van der Waals surface area contributed by atoms with Gasteiger partial charge in [0, 0.05) is 10.6 Å². The van der Waals surface area contributed by atoms with Gasteiger partial charge in [0.25, 0.3) is 0 Å². The summed E-state index contributed by atoms with van der Waals surface area (Å²) in [5.41, 5.74) is 0.492. The number of carbonyl (C=O) groups is 1. The molecule has 1 saturated heterocycles. The first-order valence-corrected chi connectivity index (χ1v) is 5.93. The van der Waals surface area contributed by atoms with Gasteiger partial charge in [-0.25, -0.2) is 0 Å². The summed E-state index contributed by atoms with van der Waals surface area (Å²) < 4.78 is 3.49. The highest BCUT2D eigenvalue weighted by atomic mass is 35.6. The van der Waals surface area contributed by atoms with E-state index in [4.69, 9.17) is 51.1 Å². The Morgan fingerprint density at radius 3 is 2.19 bits per heavy atom. The van der Waals surface area contributed by atoms with Gasteiger partial charge >= 0.3 is 0 Å². The summed E-state index contributed by atoms with van der Waals surface area (Å²) in [7, 11) is 0. The van der Waals surface area contributed by atoms with Crippen molar-refractivity contribution < 1.29 is 9.53 Å². The first kappa shape index (κ1) is 12.5.